The summed E-state index contributed by atoms with van der Waals surface area (Å²) < 4.78 is 5.42. The second kappa shape index (κ2) is 6.63. The molecule has 6 nitrogen and oxygen atoms in total. The number of morpholine rings is 1. The van der Waals surface area contributed by atoms with E-state index >= 15 is 0 Å². The zero-order chi connectivity index (χ0) is 11.1. The highest BCUT2D eigenvalue weighted by molar-refractivity contribution is 4.77. The zero-order valence-corrected chi connectivity index (χ0v) is 9.04. The first kappa shape index (κ1) is 12.3. The number of aliphatic hydroxyl groups is 1. The standard InChI is InChI=1S/C9H18N4O2/c1-8-7-15-9(6-14)5-13(8)4-2-3-11-12-10/h8-9,14H,2-7H2,1H3. The van der Waals surface area contributed by atoms with Crippen LogP contribution in [0.2, 0.25) is 0 Å². The van der Waals surface area contributed by atoms with Gasteiger partial charge in [-0.15, -0.1) is 0 Å². The quantitative estimate of drug-likeness (QED) is 0.317. The molecule has 0 aromatic rings. The summed E-state index contributed by atoms with van der Waals surface area (Å²) in [4.78, 5) is 4.97. The molecule has 1 aliphatic rings. The van der Waals surface area contributed by atoms with E-state index in [0.29, 0.717) is 19.2 Å². The summed E-state index contributed by atoms with van der Waals surface area (Å²) in [5, 5.41) is 12.5. The molecule has 2 unspecified atom stereocenters. The van der Waals surface area contributed by atoms with Crippen molar-refractivity contribution in [3.63, 3.8) is 0 Å². The molecule has 0 amide bonds. The molecule has 6 heteroatoms. The van der Waals surface area contributed by atoms with Crippen molar-refractivity contribution in [1.29, 1.82) is 0 Å². The van der Waals surface area contributed by atoms with E-state index in [9.17, 15) is 0 Å². The Labute approximate surface area is 89.5 Å². The molecule has 0 aromatic heterocycles. The van der Waals surface area contributed by atoms with E-state index in [1.807, 2.05) is 0 Å². The maximum absolute atomic E-state index is 8.99. The van der Waals surface area contributed by atoms with Gasteiger partial charge >= 0.3 is 0 Å². The van der Waals surface area contributed by atoms with E-state index in [1.165, 1.54) is 0 Å². The number of ether oxygens (including phenoxy) is 1. The van der Waals surface area contributed by atoms with Crippen molar-refractivity contribution in [1.82, 2.24) is 4.90 Å². The van der Waals surface area contributed by atoms with E-state index in [4.69, 9.17) is 15.4 Å². The molecule has 1 heterocycles. The van der Waals surface area contributed by atoms with Crippen LogP contribution < -0.4 is 0 Å². The predicted molar refractivity (Wildman–Crippen MR) is 56.5 cm³/mol. The van der Waals surface area contributed by atoms with Gasteiger partial charge in [0.05, 0.1) is 19.3 Å². The van der Waals surface area contributed by atoms with E-state index in [-0.39, 0.29) is 12.7 Å². The van der Waals surface area contributed by atoms with Gasteiger partial charge in [0.15, 0.2) is 0 Å². The Morgan fingerprint density at radius 2 is 2.47 bits per heavy atom. The molecule has 15 heavy (non-hydrogen) atoms. The third-order valence-electron chi connectivity index (χ3n) is 2.60. The summed E-state index contributed by atoms with van der Waals surface area (Å²) in [5.74, 6) is 0. The van der Waals surface area contributed by atoms with E-state index in [2.05, 4.69) is 21.8 Å². The molecule has 1 aliphatic heterocycles. The minimum atomic E-state index is -0.0688. The normalized spacial score (nSPS) is 27.3. The average molecular weight is 214 g/mol. The first-order chi connectivity index (χ1) is 7.27. The maximum atomic E-state index is 8.99. The average Bonchev–Trinajstić information content (AvgIpc) is 2.26. The van der Waals surface area contributed by atoms with Crippen LogP contribution in [0.25, 0.3) is 10.4 Å². The number of hydrogen-bond acceptors (Lipinski definition) is 4. The summed E-state index contributed by atoms with van der Waals surface area (Å²) in [6.07, 6.45) is 0.785. The lowest BCUT2D eigenvalue weighted by Crippen LogP contribution is -2.49. The van der Waals surface area contributed by atoms with Crippen molar-refractivity contribution in [2.45, 2.75) is 25.5 Å². The summed E-state index contributed by atoms with van der Waals surface area (Å²) in [7, 11) is 0. The molecule has 1 fully saturated rings. The molecule has 0 aromatic carbocycles. The molecule has 0 bridgehead atoms. The monoisotopic (exact) mass is 214 g/mol. The Morgan fingerprint density at radius 3 is 3.13 bits per heavy atom. The molecule has 86 valence electrons. The third-order valence-corrected chi connectivity index (χ3v) is 2.60. The summed E-state index contributed by atoms with van der Waals surface area (Å²) in [5.41, 5.74) is 8.13. The lowest BCUT2D eigenvalue weighted by Gasteiger charge is -2.37. The molecular formula is C9H18N4O2. The van der Waals surface area contributed by atoms with Gasteiger partial charge in [0.2, 0.25) is 0 Å². The molecule has 1 rings (SSSR count). The highest BCUT2D eigenvalue weighted by Gasteiger charge is 2.24. The van der Waals surface area contributed by atoms with Gasteiger partial charge in [-0.25, -0.2) is 0 Å². The Bertz CT molecular complexity index is 230. The fraction of sp³-hybridized carbons (Fsp3) is 1.00. The van der Waals surface area contributed by atoms with Crippen molar-refractivity contribution >= 4 is 0 Å². The highest BCUT2D eigenvalue weighted by Crippen LogP contribution is 2.11. The molecule has 0 aliphatic carbocycles. The second-order valence-corrected chi connectivity index (χ2v) is 3.79. The maximum Gasteiger partial charge on any atom is 0.0933 e. The molecule has 0 spiro atoms. The zero-order valence-electron chi connectivity index (χ0n) is 9.04. The van der Waals surface area contributed by atoms with Gasteiger partial charge in [-0.1, -0.05) is 5.11 Å². The van der Waals surface area contributed by atoms with Crippen LogP contribution >= 0.6 is 0 Å². The molecule has 1 N–H and O–H groups in total. The second-order valence-electron chi connectivity index (χ2n) is 3.79. The Kier molecular flexibility index (Phi) is 5.42. The first-order valence-electron chi connectivity index (χ1n) is 5.25. The lowest BCUT2D eigenvalue weighted by atomic mass is 10.2. The van der Waals surface area contributed by atoms with E-state index in [1.54, 1.807) is 0 Å². The van der Waals surface area contributed by atoms with Crippen LogP contribution in [0.1, 0.15) is 13.3 Å². The number of nitrogens with zero attached hydrogens (tertiary/aromatic N) is 4. The van der Waals surface area contributed by atoms with Gasteiger partial charge in [-0.05, 0) is 25.4 Å². The smallest absolute Gasteiger partial charge is 0.0933 e. The fourth-order valence-corrected chi connectivity index (χ4v) is 1.69. The molecular weight excluding hydrogens is 196 g/mol. The summed E-state index contributed by atoms with van der Waals surface area (Å²) >= 11 is 0. The molecule has 0 saturated carbocycles. The minimum absolute atomic E-state index is 0.0688. The predicted octanol–water partition coefficient (Wildman–Crippen LogP) is 0.768. The third kappa shape index (κ3) is 4.05. The van der Waals surface area contributed by atoms with Crippen molar-refractivity contribution in [2.75, 3.05) is 32.8 Å². The highest BCUT2D eigenvalue weighted by atomic mass is 16.5. The lowest BCUT2D eigenvalue weighted by molar-refractivity contribution is -0.0776. The fourth-order valence-electron chi connectivity index (χ4n) is 1.69. The van der Waals surface area contributed by atoms with Crippen LogP contribution in [0.5, 0.6) is 0 Å². The van der Waals surface area contributed by atoms with Gasteiger partial charge in [0.1, 0.15) is 0 Å². The van der Waals surface area contributed by atoms with Crippen molar-refractivity contribution in [3.05, 3.63) is 10.4 Å². The molecule has 1 saturated heterocycles. The van der Waals surface area contributed by atoms with Crippen LogP contribution in [-0.2, 0) is 4.74 Å². The number of aliphatic hydroxyl groups excluding tert-OH is 1. The molecule has 2 atom stereocenters. The molecule has 0 radical (unpaired) electrons. The van der Waals surface area contributed by atoms with Gasteiger partial charge in [0.25, 0.3) is 0 Å². The van der Waals surface area contributed by atoms with Gasteiger partial charge in [0, 0.05) is 24.0 Å². The SMILES string of the molecule is CC1COC(CO)CN1CCCN=[N+]=[N-]. The van der Waals surface area contributed by atoms with Crippen molar-refractivity contribution < 1.29 is 9.84 Å². The van der Waals surface area contributed by atoms with Crippen LogP contribution in [0.15, 0.2) is 5.11 Å². The van der Waals surface area contributed by atoms with E-state index < -0.39 is 0 Å². The van der Waals surface area contributed by atoms with Gasteiger partial charge in [-0.3, -0.25) is 4.90 Å². The van der Waals surface area contributed by atoms with Crippen LogP contribution in [0.4, 0.5) is 0 Å². The van der Waals surface area contributed by atoms with Gasteiger partial charge < -0.3 is 9.84 Å². The topological polar surface area (TPSA) is 81.5 Å². The van der Waals surface area contributed by atoms with Crippen LogP contribution in [0, 0.1) is 0 Å². The Morgan fingerprint density at radius 1 is 1.67 bits per heavy atom. The first-order valence-corrected chi connectivity index (χ1v) is 5.25. The van der Waals surface area contributed by atoms with Gasteiger partial charge in [-0.2, -0.15) is 0 Å². The Balaban J connectivity index is 2.27. The number of rotatable bonds is 5. The minimum Gasteiger partial charge on any atom is -0.394 e. The summed E-state index contributed by atoms with van der Waals surface area (Å²) in [6.45, 7) is 5.01. The van der Waals surface area contributed by atoms with Crippen molar-refractivity contribution in [2.24, 2.45) is 5.11 Å². The van der Waals surface area contributed by atoms with Crippen molar-refractivity contribution in [3.8, 4) is 0 Å². The van der Waals surface area contributed by atoms with Crippen LogP contribution in [0.3, 0.4) is 0 Å². The number of hydrogen-bond donors (Lipinski definition) is 1. The largest absolute Gasteiger partial charge is 0.394 e. The van der Waals surface area contributed by atoms with E-state index in [0.717, 1.165) is 19.5 Å². The Hall–Kier alpha value is -0.810. The summed E-state index contributed by atoms with van der Waals surface area (Å²) in [6, 6.07) is 0.374. The number of azide groups is 1. The van der Waals surface area contributed by atoms with Crippen LogP contribution in [-0.4, -0.2) is 55.0 Å².